The summed E-state index contributed by atoms with van der Waals surface area (Å²) in [5, 5.41) is 1.36. The van der Waals surface area contributed by atoms with E-state index in [1.807, 2.05) is 42.5 Å². The quantitative estimate of drug-likeness (QED) is 0.365. The van der Waals surface area contributed by atoms with Gasteiger partial charge >= 0.3 is 0 Å². The van der Waals surface area contributed by atoms with Gasteiger partial charge in [0, 0.05) is 19.5 Å². The molecule has 3 rings (SSSR count). The van der Waals surface area contributed by atoms with Crippen LogP contribution in [0.4, 0.5) is 5.69 Å². The van der Waals surface area contributed by atoms with Gasteiger partial charge < -0.3 is 5.73 Å². The molecule has 3 aromatic carbocycles. The van der Waals surface area contributed by atoms with Crippen molar-refractivity contribution < 1.29 is 0 Å². The Balaban J connectivity index is 0.000000185. The molecule has 5 heteroatoms. The predicted octanol–water partition coefficient (Wildman–Crippen LogP) is 7.45. The monoisotopic (exact) mass is 471 g/mol. The average Bonchev–Trinajstić information content (AvgIpc) is 2.53. The minimum atomic E-state index is 0.587. The Labute approximate surface area is 162 Å². The zero-order valence-corrected chi connectivity index (χ0v) is 16.6. The Morgan fingerprint density at radius 3 is 1.78 bits per heavy atom. The molecule has 0 radical (unpaired) electrons. The fraction of sp³-hybridized carbons (Fsp3) is 0. The van der Waals surface area contributed by atoms with Crippen molar-refractivity contribution in [2.24, 2.45) is 0 Å². The molecule has 0 saturated carbocycles. The molecule has 0 atom stereocenters. The third-order valence-corrected chi connectivity index (χ3v) is 4.60. The molecule has 118 valence electrons. The second-order valence-electron chi connectivity index (χ2n) is 4.66. The summed E-state index contributed by atoms with van der Waals surface area (Å²) < 4.78 is 1.95. The summed E-state index contributed by atoms with van der Waals surface area (Å²) in [6.07, 6.45) is 0. The van der Waals surface area contributed by atoms with Crippen molar-refractivity contribution in [2.45, 2.75) is 0 Å². The predicted molar refractivity (Wildman–Crippen MR) is 108 cm³/mol. The molecule has 0 aliphatic rings. The molecule has 0 unspecified atom stereocenters. The van der Waals surface area contributed by atoms with Crippen LogP contribution in [-0.2, 0) is 0 Å². The van der Waals surface area contributed by atoms with Crippen LogP contribution in [0.3, 0.4) is 0 Å². The first-order valence-electron chi connectivity index (χ1n) is 6.68. The lowest BCUT2D eigenvalue weighted by Crippen LogP contribution is -1.83. The van der Waals surface area contributed by atoms with Crippen LogP contribution < -0.4 is 5.73 Å². The molecular formula is C18H13Br2Cl2N. The Bertz CT molecular complexity index is 792. The van der Waals surface area contributed by atoms with Crippen LogP contribution >= 0.6 is 55.1 Å². The number of anilines is 1. The van der Waals surface area contributed by atoms with Gasteiger partial charge in [0.15, 0.2) is 0 Å². The maximum absolute atomic E-state index is 6.13. The number of nitrogen functional groups attached to an aromatic ring is 1. The zero-order valence-electron chi connectivity index (χ0n) is 11.9. The van der Waals surface area contributed by atoms with Gasteiger partial charge in [-0.25, -0.2) is 0 Å². The van der Waals surface area contributed by atoms with Gasteiger partial charge in [-0.15, -0.1) is 0 Å². The first kappa shape index (κ1) is 18.3. The van der Waals surface area contributed by atoms with Gasteiger partial charge in [-0.05, 0) is 35.9 Å². The second-order valence-corrected chi connectivity index (χ2v) is 7.30. The average molecular weight is 474 g/mol. The minimum Gasteiger partial charge on any atom is -0.398 e. The van der Waals surface area contributed by atoms with Gasteiger partial charge in [-0.2, -0.15) is 0 Å². The molecule has 0 bridgehead atoms. The highest BCUT2D eigenvalue weighted by molar-refractivity contribution is 9.10. The minimum absolute atomic E-state index is 0.587. The van der Waals surface area contributed by atoms with Gasteiger partial charge in [-0.1, -0.05) is 91.5 Å². The maximum Gasteiger partial charge on any atom is 0.0646 e. The molecule has 0 heterocycles. The van der Waals surface area contributed by atoms with Crippen molar-refractivity contribution in [2.75, 3.05) is 5.73 Å². The Hall–Kier alpha value is -1.000. The van der Waals surface area contributed by atoms with E-state index in [0.29, 0.717) is 10.7 Å². The third kappa shape index (κ3) is 5.54. The Kier molecular flexibility index (Phi) is 6.97. The van der Waals surface area contributed by atoms with Gasteiger partial charge in [0.25, 0.3) is 0 Å². The maximum atomic E-state index is 6.13. The molecule has 0 amide bonds. The summed E-state index contributed by atoms with van der Waals surface area (Å²) in [6, 6.07) is 21.4. The highest BCUT2D eigenvalue weighted by Gasteiger charge is 2.02. The van der Waals surface area contributed by atoms with Crippen molar-refractivity contribution in [3.8, 4) is 11.1 Å². The fourth-order valence-corrected chi connectivity index (χ4v) is 3.30. The summed E-state index contributed by atoms with van der Waals surface area (Å²) in [7, 11) is 0. The lowest BCUT2D eigenvalue weighted by Gasteiger charge is -2.04. The van der Waals surface area contributed by atoms with E-state index in [-0.39, 0.29) is 0 Å². The molecule has 3 aromatic rings. The molecule has 0 fully saturated rings. The van der Waals surface area contributed by atoms with Crippen LogP contribution in [0.5, 0.6) is 0 Å². The molecule has 2 N–H and O–H groups in total. The van der Waals surface area contributed by atoms with E-state index >= 15 is 0 Å². The lowest BCUT2D eigenvalue weighted by atomic mass is 10.1. The number of benzene rings is 3. The topological polar surface area (TPSA) is 26.0 Å². The van der Waals surface area contributed by atoms with Gasteiger partial charge in [-0.3, -0.25) is 0 Å². The second kappa shape index (κ2) is 8.74. The molecule has 0 aliphatic heterocycles. The van der Waals surface area contributed by atoms with E-state index in [4.69, 9.17) is 28.9 Å². The number of hydrogen-bond donors (Lipinski definition) is 1. The van der Waals surface area contributed by atoms with E-state index in [9.17, 15) is 0 Å². The van der Waals surface area contributed by atoms with Crippen molar-refractivity contribution >= 4 is 60.7 Å². The number of nitrogens with two attached hydrogens (primary N) is 1. The van der Waals surface area contributed by atoms with E-state index in [2.05, 4.69) is 44.0 Å². The summed E-state index contributed by atoms with van der Waals surface area (Å²) in [6.45, 7) is 0. The molecule has 23 heavy (non-hydrogen) atoms. The normalized spacial score (nSPS) is 9.91. The summed E-state index contributed by atoms with van der Waals surface area (Å²) >= 11 is 18.4. The van der Waals surface area contributed by atoms with Gasteiger partial charge in [0.05, 0.1) is 10.7 Å². The lowest BCUT2D eigenvalue weighted by molar-refractivity contribution is 1.59. The van der Waals surface area contributed by atoms with Crippen molar-refractivity contribution in [3.63, 3.8) is 0 Å². The Morgan fingerprint density at radius 2 is 1.26 bits per heavy atom. The third-order valence-electron chi connectivity index (χ3n) is 2.98. The van der Waals surface area contributed by atoms with Gasteiger partial charge in [0.2, 0.25) is 0 Å². The zero-order chi connectivity index (χ0) is 16.8. The summed E-state index contributed by atoms with van der Waals surface area (Å²) in [5.41, 5.74) is 8.26. The standard InChI is InChI=1S/C12H8BrCl.C6H5BrClN/c13-10-6-7-11(12(14)8-10)9-4-2-1-3-5-9;7-4-1-2-6(9)5(8)3-4/h1-8H;1-3H,9H2. The first-order valence-corrected chi connectivity index (χ1v) is 9.02. The van der Waals surface area contributed by atoms with Gasteiger partial charge in [0.1, 0.15) is 0 Å². The van der Waals surface area contributed by atoms with Crippen LogP contribution in [0, 0.1) is 0 Å². The molecule has 0 aromatic heterocycles. The summed E-state index contributed by atoms with van der Waals surface area (Å²) in [4.78, 5) is 0. The van der Waals surface area contributed by atoms with Crippen LogP contribution in [0.25, 0.3) is 11.1 Å². The van der Waals surface area contributed by atoms with Crippen LogP contribution in [0.15, 0.2) is 75.7 Å². The SMILES string of the molecule is Clc1cc(Br)ccc1-c1ccccc1.Nc1ccc(Br)cc1Cl. The Morgan fingerprint density at radius 1 is 0.696 bits per heavy atom. The van der Waals surface area contributed by atoms with E-state index in [1.165, 1.54) is 0 Å². The van der Waals surface area contributed by atoms with Crippen molar-refractivity contribution in [3.05, 3.63) is 85.7 Å². The molecule has 0 spiro atoms. The molecular weight excluding hydrogens is 461 g/mol. The smallest absolute Gasteiger partial charge is 0.0646 e. The highest BCUT2D eigenvalue weighted by Crippen LogP contribution is 2.30. The van der Waals surface area contributed by atoms with Crippen LogP contribution in [0.1, 0.15) is 0 Å². The van der Waals surface area contributed by atoms with E-state index in [0.717, 1.165) is 25.1 Å². The van der Waals surface area contributed by atoms with E-state index in [1.54, 1.807) is 12.1 Å². The number of halogens is 4. The van der Waals surface area contributed by atoms with Crippen LogP contribution in [-0.4, -0.2) is 0 Å². The molecule has 1 nitrogen and oxygen atoms in total. The van der Waals surface area contributed by atoms with E-state index < -0.39 is 0 Å². The highest BCUT2D eigenvalue weighted by atomic mass is 79.9. The molecule has 0 aliphatic carbocycles. The molecule has 0 saturated heterocycles. The van der Waals surface area contributed by atoms with Crippen molar-refractivity contribution in [1.82, 2.24) is 0 Å². The number of rotatable bonds is 1. The first-order chi connectivity index (χ1) is 11.0. The van der Waals surface area contributed by atoms with Crippen LogP contribution in [0.2, 0.25) is 10.0 Å². The van der Waals surface area contributed by atoms with Crippen molar-refractivity contribution in [1.29, 1.82) is 0 Å². The number of hydrogen-bond acceptors (Lipinski definition) is 1. The fourth-order valence-electron chi connectivity index (χ4n) is 1.84. The summed E-state index contributed by atoms with van der Waals surface area (Å²) in [5.74, 6) is 0. The largest absolute Gasteiger partial charge is 0.398 e.